The quantitative estimate of drug-likeness (QED) is 0.217. The predicted octanol–water partition coefficient (Wildman–Crippen LogP) is 4.79. The van der Waals surface area contributed by atoms with Gasteiger partial charge in [0, 0.05) is 22.0 Å². The van der Waals surface area contributed by atoms with Crippen LogP contribution >= 0.6 is 11.6 Å². The van der Waals surface area contributed by atoms with E-state index >= 15 is 0 Å². The molecule has 0 aromatic heterocycles. The molecule has 1 fully saturated rings. The molecule has 4 rings (SSSR count). The van der Waals surface area contributed by atoms with Gasteiger partial charge in [-0.3, -0.25) is 4.79 Å². The standard InChI is InChI=1S/C22H25ClN8O/c23-17-6-4-5-15(11-17)13-26-30-21-22(9-2-1-3-10-22)29-19-12-16(7-8-18(19)28-21)20(32)25-14-27-31-24/h4-8,11-12,26,29H,1-3,9-10,13-14H2,(H,25,32)(H,28,30). The average Bonchev–Trinajstić information content (AvgIpc) is 2.80. The third-order valence-corrected chi connectivity index (χ3v) is 6.02. The molecule has 10 heteroatoms. The van der Waals surface area contributed by atoms with E-state index in [2.05, 4.69) is 31.5 Å². The number of nitrogens with one attached hydrogen (secondary N) is 4. The first kappa shape index (κ1) is 22.0. The van der Waals surface area contributed by atoms with E-state index in [1.54, 1.807) is 12.1 Å². The molecule has 2 aliphatic rings. The smallest absolute Gasteiger partial charge is 0.251 e. The van der Waals surface area contributed by atoms with Gasteiger partial charge >= 0.3 is 0 Å². The van der Waals surface area contributed by atoms with Crippen molar-refractivity contribution in [1.29, 1.82) is 0 Å². The third-order valence-electron chi connectivity index (χ3n) is 5.79. The summed E-state index contributed by atoms with van der Waals surface area (Å²) < 4.78 is 0. The summed E-state index contributed by atoms with van der Waals surface area (Å²) in [6.45, 7) is 0.515. The van der Waals surface area contributed by atoms with Gasteiger partial charge in [0.15, 0.2) is 0 Å². The Labute approximate surface area is 191 Å². The lowest BCUT2D eigenvalue weighted by Crippen LogP contribution is -2.57. The molecular weight excluding hydrogens is 428 g/mol. The summed E-state index contributed by atoms with van der Waals surface area (Å²) in [5.74, 6) is 0.558. The zero-order chi connectivity index (χ0) is 22.4. The van der Waals surface area contributed by atoms with Crippen LogP contribution in [0.3, 0.4) is 0 Å². The molecule has 0 radical (unpaired) electrons. The van der Waals surface area contributed by atoms with Gasteiger partial charge in [-0.2, -0.15) is 0 Å². The number of amides is 1. The topological polar surface area (TPSA) is 126 Å². The Kier molecular flexibility index (Phi) is 6.80. The van der Waals surface area contributed by atoms with Crippen LogP contribution in [-0.4, -0.2) is 24.0 Å². The maximum atomic E-state index is 12.3. The van der Waals surface area contributed by atoms with Crippen LogP contribution in [0.25, 0.3) is 10.4 Å². The molecule has 0 unspecified atom stereocenters. The SMILES string of the molecule is [N-]=[N+]=NCNC(=O)c1ccc2c(c1)NC1(CCCCC1)C(NNCc1cccc(Cl)c1)=N2. The van der Waals surface area contributed by atoms with E-state index in [1.807, 2.05) is 30.3 Å². The molecule has 4 N–H and O–H groups in total. The zero-order valence-corrected chi connectivity index (χ0v) is 18.3. The van der Waals surface area contributed by atoms with Crippen molar-refractivity contribution in [2.24, 2.45) is 10.1 Å². The van der Waals surface area contributed by atoms with Gasteiger partial charge in [0.05, 0.1) is 23.6 Å². The highest BCUT2D eigenvalue weighted by Gasteiger charge is 2.40. The Balaban J connectivity index is 1.53. The van der Waals surface area contributed by atoms with Crippen LogP contribution in [0.15, 0.2) is 52.6 Å². The fourth-order valence-corrected chi connectivity index (χ4v) is 4.41. The number of carbonyl (C=O) groups is 1. The van der Waals surface area contributed by atoms with E-state index in [-0.39, 0.29) is 18.1 Å². The molecule has 2 aromatic carbocycles. The van der Waals surface area contributed by atoms with Crippen molar-refractivity contribution in [2.45, 2.75) is 44.2 Å². The number of halogens is 1. The molecule has 32 heavy (non-hydrogen) atoms. The summed E-state index contributed by atoms with van der Waals surface area (Å²) in [6.07, 6.45) is 5.30. The van der Waals surface area contributed by atoms with Crippen molar-refractivity contribution in [1.82, 2.24) is 16.2 Å². The van der Waals surface area contributed by atoms with Gasteiger partial charge in [-0.1, -0.05) is 48.1 Å². The molecular formula is C22H25ClN8O. The Morgan fingerprint density at radius 1 is 1.22 bits per heavy atom. The fraction of sp³-hybridized carbons (Fsp3) is 0.364. The number of hydrogen-bond donors (Lipinski definition) is 4. The molecule has 1 spiro atoms. The van der Waals surface area contributed by atoms with Crippen LogP contribution in [-0.2, 0) is 6.54 Å². The lowest BCUT2D eigenvalue weighted by atomic mass is 9.79. The molecule has 1 aliphatic carbocycles. The summed E-state index contributed by atoms with van der Waals surface area (Å²) in [5, 5.41) is 10.3. The summed E-state index contributed by atoms with van der Waals surface area (Å²) in [6, 6.07) is 13.1. The normalized spacial score (nSPS) is 16.2. The first-order valence-electron chi connectivity index (χ1n) is 10.6. The third kappa shape index (κ3) is 4.96. The number of hydrogen-bond acceptors (Lipinski definition) is 6. The molecule has 0 atom stereocenters. The van der Waals surface area contributed by atoms with Crippen LogP contribution in [0, 0.1) is 0 Å². The molecule has 2 aromatic rings. The van der Waals surface area contributed by atoms with Crippen LogP contribution in [0.4, 0.5) is 11.4 Å². The number of anilines is 1. The zero-order valence-electron chi connectivity index (χ0n) is 17.6. The predicted molar refractivity (Wildman–Crippen MR) is 126 cm³/mol. The Morgan fingerprint density at radius 2 is 2.06 bits per heavy atom. The number of azide groups is 1. The van der Waals surface area contributed by atoms with E-state index in [0.29, 0.717) is 17.1 Å². The van der Waals surface area contributed by atoms with Gasteiger partial charge in [0.2, 0.25) is 0 Å². The first-order valence-corrected chi connectivity index (χ1v) is 11.0. The lowest BCUT2D eigenvalue weighted by molar-refractivity contribution is 0.0955. The molecule has 1 saturated carbocycles. The number of carbonyl (C=O) groups excluding carboxylic acids is 1. The van der Waals surface area contributed by atoms with Crippen molar-refractivity contribution in [3.05, 3.63) is 69.1 Å². The van der Waals surface area contributed by atoms with Gasteiger partial charge in [-0.15, -0.1) is 0 Å². The van der Waals surface area contributed by atoms with Gasteiger partial charge in [-0.05, 0) is 54.3 Å². The number of amidine groups is 1. The number of fused-ring (bicyclic) bond motifs is 1. The lowest BCUT2D eigenvalue weighted by Gasteiger charge is -2.42. The summed E-state index contributed by atoms with van der Waals surface area (Å²) >= 11 is 6.08. The molecule has 0 bridgehead atoms. The highest BCUT2D eigenvalue weighted by molar-refractivity contribution is 6.30. The maximum absolute atomic E-state index is 12.3. The van der Waals surface area contributed by atoms with Crippen LogP contribution in [0.5, 0.6) is 0 Å². The highest BCUT2D eigenvalue weighted by atomic mass is 35.5. The van der Waals surface area contributed by atoms with E-state index in [1.165, 1.54) is 6.42 Å². The van der Waals surface area contributed by atoms with E-state index in [0.717, 1.165) is 48.5 Å². The minimum atomic E-state index is -0.313. The number of aliphatic imine (C=N–C) groups is 1. The monoisotopic (exact) mass is 452 g/mol. The number of hydrazine groups is 1. The minimum absolute atomic E-state index is 0.0890. The van der Waals surface area contributed by atoms with E-state index in [4.69, 9.17) is 22.1 Å². The largest absolute Gasteiger partial charge is 0.371 e. The minimum Gasteiger partial charge on any atom is -0.371 e. The molecule has 1 heterocycles. The summed E-state index contributed by atoms with van der Waals surface area (Å²) in [5.41, 5.74) is 17.8. The van der Waals surface area contributed by atoms with Gasteiger partial charge in [0.1, 0.15) is 5.84 Å². The van der Waals surface area contributed by atoms with Gasteiger partial charge < -0.3 is 16.1 Å². The molecule has 0 saturated heterocycles. The van der Waals surface area contributed by atoms with E-state index in [9.17, 15) is 4.79 Å². The Hall–Kier alpha value is -3.26. The second-order valence-corrected chi connectivity index (χ2v) is 8.40. The molecule has 1 aliphatic heterocycles. The fourth-order valence-electron chi connectivity index (χ4n) is 4.20. The Bertz CT molecular complexity index is 1070. The van der Waals surface area contributed by atoms with Crippen molar-refractivity contribution < 1.29 is 4.79 Å². The van der Waals surface area contributed by atoms with Crippen LogP contribution in [0.2, 0.25) is 5.02 Å². The summed E-state index contributed by atoms with van der Waals surface area (Å²) in [7, 11) is 0. The van der Waals surface area contributed by atoms with Crippen molar-refractivity contribution in [2.75, 3.05) is 12.0 Å². The molecule has 166 valence electrons. The van der Waals surface area contributed by atoms with Crippen molar-refractivity contribution in [3.63, 3.8) is 0 Å². The molecule has 9 nitrogen and oxygen atoms in total. The maximum Gasteiger partial charge on any atom is 0.251 e. The average molecular weight is 453 g/mol. The second-order valence-electron chi connectivity index (χ2n) is 7.96. The summed E-state index contributed by atoms with van der Waals surface area (Å²) in [4.78, 5) is 19.9. The Morgan fingerprint density at radius 3 is 2.84 bits per heavy atom. The van der Waals surface area contributed by atoms with Crippen LogP contribution in [0.1, 0.15) is 48.0 Å². The first-order chi connectivity index (χ1) is 15.6. The van der Waals surface area contributed by atoms with Gasteiger partial charge in [-0.25, -0.2) is 10.4 Å². The van der Waals surface area contributed by atoms with E-state index < -0.39 is 0 Å². The number of nitrogens with zero attached hydrogens (tertiary/aromatic N) is 4. The second kappa shape index (κ2) is 9.91. The van der Waals surface area contributed by atoms with Crippen molar-refractivity contribution in [3.8, 4) is 0 Å². The van der Waals surface area contributed by atoms with Gasteiger partial charge in [0.25, 0.3) is 5.91 Å². The highest BCUT2D eigenvalue weighted by Crippen LogP contribution is 2.40. The van der Waals surface area contributed by atoms with Crippen LogP contribution < -0.4 is 21.5 Å². The number of benzene rings is 2. The molecule has 1 amide bonds. The van der Waals surface area contributed by atoms with Crippen molar-refractivity contribution >= 4 is 34.7 Å². The number of rotatable bonds is 6.